The van der Waals surface area contributed by atoms with Crippen LogP contribution in [0.15, 0.2) is 60.7 Å². The lowest BCUT2D eigenvalue weighted by Gasteiger charge is -2.27. The second-order valence-corrected chi connectivity index (χ2v) is 9.34. The topological polar surface area (TPSA) is 103 Å². The first-order chi connectivity index (χ1) is 17.1. The summed E-state index contributed by atoms with van der Waals surface area (Å²) in [7, 11) is 3.04. The highest BCUT2D eigenvalue weighted by molar-refractivity contribution is 6.31. The molecule has 0 aliphatic carbocycles. The number of carboxylic acids is 1. The Morgan fingerprint density at radius 1 is 1.03 bits per heavy atom. The molecular formula is C27H26ClN3O5. The highest BCUT2D eigenvalue weighted by Gasteiger charge is 2.27. The minimum Gasteiger partial charge on any atom is -0.493 e. The molecule has 0 unspecified atom stereocenters. The van der Waals surface area contributed by atoms with Crippen molar-refractivity contribution in [1.82, 2.24) is 9.78 Å². The zero-order valence-corrected chi connectivity index (χ0v) is 21.1. The van der Waals surface area contributed by atoms with Crippen LogP contribution in [-0.4, -0.2) is 41.0 Å². The van der Waals surface area contributed by atoms with Gasteiger partial charge in [0.25, 0.3) is 5.91 Å². The van der Waals surface area contributed by atoms with Gasteiger partial charge in [-0.3, -0.25) is 9.48 Å². The van der Waals surface area contributed by atoms with E-state index in [1.807, 2.05) is 32.0 Å². The first kappa shape index (κ1) is 25.1. The predicted octanol–water partition coefficient (Wildman–Crippen LogP) is 5.64. The highest BCUT2D eigenvalue weighted by Crippen LogP contribution is 2.35. The van der Waals surface area contributed by atoms with Crippen LogP contribution in [0, 0.1) is 0 Å². The Kier molecular flexibility index (Phi) is 6.90. The van der Waals surface area contributed by atoms with E-state index in [4.69, 9.17) is 21.1 Å². The summed E-state index contributed by atoms with van der Waals surface area (Å²) in [5.41, 5.74) is 2.04. The van der Waals surface area contributed by atoms with Gasteiger partial charge >= 0.3 is 5.97 Å². The Labute approximate surface area is 213 Å². The third kappa shape index (κ3) is 4.85. The molecule has 0 bridgehead atoms. The number of hydrogen-bond acceptors (Lipinski definition) is 5. The molecule has 0 saturated carbocycles. The van der Waals surface area contributed by atoms with Crippen molar-refractivity contribution in [3.8, 4) is 11.5 Å². The largest absolute Gasteiger partial charge is 0.493 e. The van der Waals surface area contributed by atoms with Gasteiger partial charge in [0, 0.05) is 27.1 Å². The number of nitrogens with one attached hydrogen (secondary N) is 1. The highest BCUT2D eigenvalue weighted by atomic mass is 35.5. The molecule has 0 atom stereocenters. The average molecular weight is 508 g/mol. The number of aromatic nitrogens is 2. The van der Waals surface area contributed by atoms with Gasteiger partial charge in [-0.2, -0.15) is 5.10 Å². The fraction of sp³-hybridized carbons (Fsp3) is 0.222. The van der Waals surface area contributed by atoms with E-state index in [9.17, 15) is 14.7 Å². The number of methoxy groups -OCH3 is 2. The summed E-state index contributed by atoms with van der Waals surface area (Å²) in [5.74, 6) is -0.403. The average Bonchev–Trinajstić information content (AvgIpc) is 3.21. The number of ether oxygens (including phenoxy) is 2. The molecule has 186 valence electrons. The monoisotopic (exact) mass is 507 g/mol. The van der Waals surface area contributed by atoms with E-state index in [0.29, 0.717) is 39.7 Å². The van der Waals surface area contributed by atoms with E-state index in [1.165, 1.54) is 14.2 Å². The van der Waals surface area contributed by atoms with Crippen LogP contribution in [-0.2, 0) is 12.0 Å². The summed E-state index contributed by atoms with van der Waals surface area (Å²) < 4.78 is 12.2. The van der Waals surface area contributed by atoms with Gasteiger partial charge in [0.15, 0.2) is 17.2 Å². The number of anilines is 1. The van der Waals surface area contributed by atoms with Crippen LogP contribution in [0.1, 0.15) is 40.3 Å². The number of rotatable bonds is 8. The number of amides is 1. The van der Waals surface area contributed by atoms with E-state index in [0.717, 1.165) is 11.1 Å². The van der Waals surface area contributed by atoms with Crippen molar-refractivity contribution in [1.29, 1.82) is 0 Å². The number of nitrogens with zero attached hydrogens (tertiary/aromatic N) is 2. The lowest BCUT2D eigenvalue weighted by Crippen LogP contribution is -2.26. The normalized spacial score (nSPS) is 11.4. The van der Waals surface area contributed by atoms with Crippen LogP contribution >= 0.6 is 11.6 Å². The van der Waals surface area contributed by atoms with Gasteiger partial charge in [-0.05, 0) is 42.0 Å². The number of carbonyl (C=O) groups excluding carboxylic acids is 1. The zero-order chi connectivity index (χ0) is 26.0. The van der Waals surface area contributed by atoms with Crippen molar-refractivity contribution < 1.29 is 24.2 Å². The zero-order valence-electron chi connectivity index (χ0n) is 20.3. The summed E-state index contributed by atoms with van der Waals surface area (Å²) in [6.07, 6.45) is 0. The van der Waals surface area contributed by atoms with Gasteiger partial charge in [0.2, 0.25) is 0 Å². The van der Waals surface area contributed by atoms with E-state index in [1.54, 1.807) is 47.1 Å². The second-order valence-electron chi connectivity index (χ2n) is 8.93. The van der Waals surface area contributed by atoms with Crippen molar-refractivity contribution >= 4 is 40.1 Å². The molecule has 1 amide bonds. The van der Waals surface area contributed by atoms with Gasteiger partial charge in [0.05, 0.1) is 26.3 Å². The minimum absolute atomic E-state index is 0.0146. The van der Waals surface area contributed by atoms with Gasteiger partial charge in [-0.15, -0.1) is 0 Å². The molecule has 0 aliphatic rings. The molecule has 0 aliphatic heterocycles. The van der Waals surface area contributed by atoms with E-state index in [2.05, 4.69) is 10.4 Å². The third-order valence-corrected chi connectivity index (χ3v) is 6.32. The van der Waals surface area contributed by atoms with Crippen LogP contribution in [0.25, 0.3) is 10.9 Å². The summed E-state index contributed by atoms with van der Waals surface area (Å²) in [5, 5.41) is 17.8. The molecule has 2 N–H and O–H groups in total. The number of benzene rings is 3. The maximum absolute atomic E-state index is 12.8. The standard InChI is InChI=1S/C27H26ClN3O5/c1-27(2,15-31-21-8-6-5-7-18(21)24(30-31)26(33)34)19-11-10-17(14-20(19)28)29-25(32)16-9-12-22(35-3)23(13-16)36-4/h5-14H,15H2,1-4H3,(H,29,32)(H,33,34). The van der Waals surface area contributed by atoms with Crippen LogP contribution in [0.2, 0.25) is 5.02 Å². The summed E-state index contributed by atoms with van der Waals surface area (Å²) in [6.45, 7) is 4.41. The number of aromatic carboxylic acids is 1. The molecule has 4 aromatic rings. The van der Waals surface area contributed by atoms with Crippen molar-refractivity contribution in [2.24, 2.45) is 0 Å². The van der Waals surface area contributed by atoms with Gasteiger partial charge in [-0.1, -0.05) is 49.7 Å². The van der Waals surface area contributed by atoms with E-state index < -0.39 is 11.4 Å². The molecular weight excluding hydrogens is 482 g/mol. The Morgan fingerprint density at radius 3 is 2.42 bits per heavy atom. The Morgan fingerprint density at radius 2 is 1.75 bits per heavy atom. The molecule has 36 heavy (non-hydrogen) atoms. The van der Waals surface area contributed by atoms with Crippen LogP contribution in [0.4, 0.5) is 5.69 Å². The van der Waals surface area contributed by atoms with E-state index >= 15 is 0 Å². The molecule has 0 radical (unpaired) electrons. The fourth-order valence-corrected chi connectivity index (χ4v) is 4.62. The van der Waals surface area contributed by atoms with Crippen molar-refractivity contribution in [2.75, 3.05) is 19.5 Å². The molecule has 4 rings (SSSR count). The predicted molar refractivity (Wildman–Crippen MR) is 139 cm³/mol. The van der Waals surface area contributed by atoms with Crippen LogP contribution in [0.3, 0.4) is 0 Å². The Balaban J connectivity index is 1.57. The Hall–Kier alpha value is -4.04. The first-order valence-corrected chi connectivity index (χ1v) is 11.5. The van der Waals surface area contributed by atoms with Crippen molar-refractivity contribution in [2.45, 2.75) is 25.8 Å². The van der Waals surface area contributed by atoms with Crippen LogP contribution in [0.5, 0.6) is 11.5 Å². The fourth-order valence-electron chi connectivity index (χ4n) is 4.19. The lowest BCUT2D eigenvalue weighted by molar-refractivity contribution is 0.0691. The lowest BCUT2D eigenvalue weighted by atomic mass is 9.84. The Bertz CT molecular complexity index is 1460. The molecule has 0 spiro atoms. The number of carbonyl (C=O) groups is 2. The summed E-state index contributed by atoms with van der Waals surface area (Å²) in [4.78, 5) is 24.5. The second kappa shape index (κ2) is 9.91. The number of fused-ring (bicyclic) bond motifs is 1. The SMILES string of the molecule is COc1ccc(C(=O)Nc2ccc(C(C)(C)Cn3nc(C(=O)O)c4ccccc43)c(Cl)c2)cc1OC. The van der Waals surface area contributed by atoms with Gasteiger partial charge in [-0.25, -0.2) is 4.79 Å². The quantitative estimate of drug-likeness (QED) is 0.320. The van der Waals surface area contributed by atoms with Crippen molar-refractivity contribution in [3.05, 3.63) is 82.5 Å². The molecule has 9 heteroatoms. The number of para-hydroxylation sites is 1. The smallest absolute Gasteiger partial charge is 0.357 e. The molecule has 3 aromatic carbocycles. The molecule has 1 heterocycles. The van der Waals surface area contributed by atoms with Gasteiger partial charge < -0.3 is 19.9 Å². The minimum atomic E-state index is -1.07. The summed E-state index contributed by atoms with van der Waals surface area (Å²) in [6, 6.07) is 17.5. The van der Waals surface area contributed by atoms with Crippen molar-refractivity contribution in [3.63, 3.8) is 0 Å². The maximum atomic E-state index is 12.8. The molecule has 8 nitrogen and oxygen atoms in total. The van der Waals surface area contributed by atoms with Crippen LogP contribution < -0.4 is 14.8 Å². The number of halogens is 1. The first-order valence-electron chi connectivity index (χ1n) is 11.2. The maximum Gasteiger partial charge on any atom is 0.357 e. The number of carboxylic acid groups (broad SMARTS) is 1. The van der Waals surface area contributed by atoms with Gasteiger partial charge in [0.1, 0.15) is 0 Å². The van der Waals surface area contributed by atoms with E-state index in [-0.39, 0.29) is 11.6 Å². The molecule has 0 saturated heterocycles. The third-order valence-electron chi connectivity index (χ3n) is 6.01. The summed E-state index contributed by atoms with van der Waals surface area (Å²) >= 11 is 6.66. The molecule has 0 fully saturated rings. The molecule has 1 aromatic heterocycles. The number of hydrogen-bond donors (Lipinski definition) is 2.